The molecule has 0 spiro atoms. The lowest BCUT2D eigenvalue weighted by Gasteiger charge is -2.35. The lowest BCUT2D eigenvalue weighted by atomic mass is 9.79. The van der Waals surface area contributed by atoms with Gasteiger partial charge in [-0.05, 0) is 45.3 Å². The Labute approximate surface area is 145 Å². The minimum Gasteiger partial charge on any atom is -0.399 e. The molecule has 0 saturated carbocycles. The highest BCUT2D eigenvalue weighted by atomic mass is 16.7. The molecule has 2 aliphatic rings. The number of carbonyl (C=O) groups excluding carboxylic acids is 1. The van der Waals surface area contributed by atoms with Crippen LogP contribution in [0, 0.1) is 0 Å². The molecule has 0 aliphatic carbocycles. The van der Waals surface area contributed by atoms with Gasteiger partial charge in [-0.15, -0.1) is 0 Å². The molecule has 130 valence electrons. The van der Waals surface area contributed by atoms with E-state index in [4.69, 9.17) is 9.31 Å². The van der Waals surface area contributed by atoms with Crippen molar-refractivity contribution in [1.82, 2.24) is 4.90 Å². The fraction of sp³-hybridized carbons (Fsp3) is 0.611. The molecule has 0 bridgehead atoms. The standard InChI is InChI=1S/C18H27BN2O3/c1-14(22)20-9-11-21(12-10-20)16-8-6-7-15(13-16)19-23-17(2,3)18(4,5)24-19/h6-8,13H,9-12H2,1-5H3. The number of nitrogens with zero attached hydrogens (tertiary/aromatic N) is 2. The largest absolute Gasteiger partial charge is 0.494 e. The van der Waals surface area contributed by atoms with Crippen LogP contribution >= 0.6 is 0 Å². The van der Waals surface area contributed by atoms with Crippen molar-refractivity contribution in [2.45, 2.75) is 45.8 Å². The maximum atomic E-state index is 11.5. The van der Waals surface area contributed by atoms with E-state index >= 15 is 0 Å². The number of piperazine rings is 1. The third kappa shape index (κ3) is 3.17. The summed E-state index contributed by atoms with van der Waals surface area (Å²) in [5, 5.41) is 0. The summed E-state index contributed by atoms with van der Waals surface area (Å²) in [4.78, 5) is 15.7. The molecule has 0 N–H and O–H groups in total. The number of rotatable bonds is 2. The molecule has 2 saturated heterocycles. The molecule has 0 atom stereocenters. The molecule has 3 rings (SSSR count). The van der Waals surface area contributed by atoms with Crippen molar-refractivity contribution in [3.63, 3.8) is 0 Å². The SMILES string of the molecule is CC(=O)N1CCN(c2cccc(B3OC(C)(C)C(C)(C)O3)c2)CC1. The number of anilines is 1. The van der Waals surface area contributed by atoms with Crippen LogP contribution < -0.4 is 10.4 Å². The van der Waals surface area contributed by atoms with E-state index < -0.39 is 0 Å². The van der Waals surface area contributed by atoms with Crippen molar-refractivity contribution in [2.24, 2.45) is 0 Å². The van der Waals surface area contributed by atoms with Gasteiger partial charge in [0.25, 0.3) is 0 Å². The van der Waals surface area contributed by atoms with Gasteiger partial charge < -0.3 is 19.1 Å². The molecule has 1 aromatic carbocycles. The van der Waals surface area contributed by atoms with Crippen molar-refractivity contribution in [2.75, 3.05) is 31.1 Å². The maximum Gasteiger partial charge on any atom is 0.494 e. The summed E-state index contributed by atoms with van der Waals surface area (Å²) in [5.41, 5.74) is 1.53. The Hall–Kier alpha value is -1.53. The van der Waals surface area contributed by atoms with Crippen LogP contribution in [0.3, 0.4) is 0 Å². The van der Waals surface area contributed by atoms with Gasteiger partial charge in [0, 0.05) is 38.8 Å². The summed E-state index contributed by atoms with van der Waals surface area (Å²) < 4.78 is 12.3. The zero-order valence-corrected chi connectivity index (χ0v) is 15.3. The molecule has 2 heterocycles. The zero-order chi connectivity index (χ0) is 17.5. The van der Waals surface area contributed by atoms with Crippen LogP contribution in [-0.4, -0.2) is 55.3 Å². The number of carbonyl (C=O) groups is 1. The summed E-state index contributed by atoms with van der Waals surface area (Å²) >= 11 is 0. The van der Waals surface area contributed by atoms with Crippen molar-refractivity contribution in [3.8, 4) is 0 Å². The molecule has 24 heavy (non-hydrogen) atoms. The van der Waals surface area contributed by atoms with Gasteiger partial charge in [-0.3, -0.25) is 4.79 Å². The molecule has 0 radical (unpaired) electrons. The Morgan fingerprint density at radius 1 is 1.04 bits per heavy atom. The molecule has 2 fully saturated rings. The van der Waals surface area contributed by atoms with Crippen molar-refractivity contribution in [3.05, 3.63) is 24.3 Å². The minimum absolute atomic E-state index is 0.153. The average molecular weight is 330 g/mol. The smallest absolute Gasteiger partial charge is 0.399 e. The molecular weight excluding hydrogens is 303 g/mol. The van der Waals surface area contributed by atoms with Gasteiger partial charge in [0.1, 0.15) is 0 Å². The number of amides is 1. The highest BCUT2D eigenvalue weighted by Gasteiger charge is 2.51. The summed E-state index contributed by atoms with van der Waals surface area (Å²) in [7, 11) is -0.339. The lowest BCUT2D eigenvalue weighted by Crippen LogP contribution is -2.48. The number of hydrogen-bond acceptors (Lipinski definition) is 4. The highest BCUT2D eigenvalue weighted by molar-refractivity contribution is 6.62. The fourth-order valence-electron chi connectivity index (χ4n) is 3.13. The van der Waals surface area contributed by atoms with Crippen LogP contribution in [0.15, 0.2) is 24.3 Å². The number of benzene rings is 1. The Balaban J connectivity index is 1.73. The first-order valence-corrected chi connectivity index (χ1v) is 8.66. The van der Waals surface area contributed by atoms with Crippen LogP contribution in [0.4, 0.5) is 5.69 Å². The van der Waals surface area contributed by atoms with Gasteiger partial charge in [0.15, 0.2) is 0 Å². The molecule has 5 nitrogen and oxygen atoms in total. The molecule has 1 aromatic rings. The Morgan fingerprint density at radius 2 is 1.62 bits per heavy atom. The van der Waals surface area contributed by atoms with Crippen molar-refractivity contribution in [1.29, 1.82) is 0 Å². The van der Waals surface area contributed by atoms with E-state index in [1.165, 1.54) is 0 Å². The van der Waals surface area contributed by atoms with Crippen molar-refractivity contribution < 1.29 is 14.1 Å². The average Bonchev–Trinajstić information content (AvgIpc) is 2.76. The molecular formula is C18H27BN2O3. The minimum atomic E-state index is -0.339. The third-order valence-electron chi connectivity index (χ3n) is 5.49. The van der Waals surface area contributed by atoms with Gasteiger partial charge in [-0.1, -0.05) is 12.1 Å². The predicted octanol–water partition coefficient (Wildman–Crippen LogP) is 1.65. The third-order valence-corrected chi connectivity index (χ3v) is 5.49. The van der Waals surface area contributed by atoms with E-state index in [0.717, 1.165) is 37.3 Å². The van der Waals surface area contributed by atoms with Crippen LogP contribution in [0.2, 0.25) is 0 Å². The molecule has 0 unspecified atom stereocenters. The topological polar surface area (TPSA) is 42.0 Å². The fourth-order valence-corrected chi connectivity index (χ4v) is 3.13. The van der Waals surface area contributed by atoms with Crippen LogP contribution in [0.5, 0.6) is 0 Å². The lowest BCUT2D eigenvalue weighted by molar-refractivity contribution is -0.129. The van der Waals surface area contributed by atoms with Gasteiger partial charge in [0.2, 0.25) is 5.91 Å². The summed E-state index contributed by atoms with van der Waals surface area (Å²) in [6, 6.07) is 8.36. The quantitative estimate of drug-likeness (QED) is 0.774. The normalized spacial score (nSPS) is 22.8. The summed E-state index contributed by atoms with van der Waals surface area (Å²) in [5.74, 6) is 0.153. The van der Waals surface area contributed by atoms with E-state index in [0.29, 0.717) is 0 Å². The van der Waals surface area contributed by atoms with Crippen molar-refractivity contribution >= 4 is 24.2 Å². The van der Waals surface area contributed by atoms with Crippen LogP contribution in [-0.2, 0) is 14.1 Å². The van der Waals surface area contributed by atoms with Gasteiger partial charge in [-0.2, -0.15) is 0 Å². The highest BCUT2D eigenvalue weighted by Crippen LogP contribution is 2.36. The first-order chi connectivity index (χ1) is 11.2. The summed E-state index contributed by atoms with van der Waals surface area (Å²) in [6.07, 6.45) is 0. The first kappa shape index (κ1) is 17.3. The van der Waals surface area contributed by atoms with Gasteiger partial charge >= 0.3 is 7.12 Å². The summed E-state index contributed by atoms with van der Waals surface area (Å²) in [6.45, 7) is 13.2. The van der Waals surface area contributed by atoms with E-state index in [9.17, 15) is 4.79 Å². The predicted molar refractivity (Wildman–Crippen MR) is 96.6 cm³/mol. The second-order valence-corrected chi connectivity index (χ2v) is 7.68. The van der Waals surface area contributed by atoms with E-state index in [-0.39, 0.29) is 24.2 Å². The second kappa shape index (κ2) is 6.08. The Bertz CT molecular complexity index is 608. The molecule has 6 heteroatoms. The molecule has 0 aromatic heterocycles. The van der Waals surface area contributed by atoms with Gasteiger partial charge in [-0.25, -0.2) is 0 Å². The Kier molecular flexibility index (Phi) is 4.38. The van der Waals surface area contributed by atoms with Gasteiger partial charge in [0.05, 0.1) is 11.2 Å². The van der Waals surface area contributed by atoms with Crippen LogP contribution in [0.25, 0.3) is 0 Å². The zero-order valence-electron chi connectivity index (χ0n) is 15.3. The maximum absolute atomic E-state index is 11.5. The molecule has 1 amide bonds. The second-order valence-electron chi connectivity index (χ2n) is 7.68. The van der Waals surface area contributed by atoms with Crippen LogP contribution in [0.1, 0.15) is 34.6 Å². The Morgan fingerprint density at radius 3 is 2.17 bits per heavy atom. The first-order valence-electron chi connectivity index (χ1n) is 8.66. The van der Waals surface area contributed by atoms with E-state index in [1.807, 2.05) is 11.0 Å². The molecule has 2 aliphatic heterocycles. The van der Waals surface area contributed by atoms with E-state index in [1.54, 1.807) is 6.92 Å². The van der Waals surface area contributed by atoms with E-state index in [2.05, 4.69) is 50.8 Å². The monoisotopic (exact) mass is 330 g/mol. The number of hydrogen-bond donors (Lipinski definition) is 0.